The second kappa shape index (κ2) is 5.50. The van der Waals surface area contributed by atoms with Crippen LogP contribution in [0.1, 0.15) is 18.9 Å². The van der Waals surface area contributed by atoms with E-state index in [-0.39, 0.29) is 6.04 Å². The molecule has 2 aromatic rings. The van der Waals surface area contributed by atoms with Crippen molar-refractivity contribution in [2.45, 2.75) is 23.8 Å². The standard InChI is InChI=1S/C14H18N4O2S/c15-14-8-11-18(16-14)12-6-9-17(10-7-12)21(19,20)13-4-2-1-3-5-13/h1-5,8,11-12H,6-7,9-10H2,(H2,15,16). The van der Waals surface area contributed by atoms with Gasteiger partial charge in [0.25, 0.3) is 0 Å². The smallest absolute Gasteiger partial charge is 0.243 e. The van der Waals surface area contributed by atoms with Crippen molar-refractivity contribution in [3.8, 4) is 0 Å². The molecule has 1 aliphatic rings. The molecule has 7 heteroatoms. The number of hydrogen-bond acceptors (Lipinski definition) is 4. The maximum Gasteiger partial charge on any atom is 0.243 e. The zero-order chi connectivity index (χ0) is 14.9. The van der Waals surface area contributed by atoms with Crippen molar-refractivity contribution in [3.63, 3.8) is 0 Å². The fourth-order valence-corrected chi connectivity index (χ4v) is 4.14. The highest BCUT2D eigenvalue weighted by atomic mass is 32.2. The normalized spacial score (nSPS) is 17.9. The van der Waals surface area contributed by atoms with Gasteiger partial charge in [-0.25, -0.2) is 8.42 Å². The Labute approximate surface area is 124 Å². The predicted octanol–water partition coefficient (Wildman–Crippen LogP) is 1.49. The zero-order valence-electron chi connectivity index (χ0n) is 11.6. The van der Waals surface area contributed by atoms with Gasteiger partial charge in [-0.15, -0.1) is 0 Å². The van der Waals surface area contributed by atoms with Crippen LogP contribution in [0, 0.1) is 0 Å². The monoisotopic (exact) mass is 306 g/mol. The molecular formula is C14H18N4O2S. The third kappa shape index (κ3) is 2.79. The van der Waals surface area contributed by atoms with Gasteiger partial charge in [0.2, 0.25) is 10.0 Å². The molecule has 0 radical (unpaired) electrons. The van der Waals surface area contributed by atoms with Crippen LogP contribution in [0.2, 0.25) is 0 Å². The van der Waals surface area contributed by atoms with Crippen LogP contribution in [0.15, 0.2) is 47.5 Å². The van der Waals surface area contributed by atoms with Crippen molar-refractivity contribution >= 4 is 15.8 Å². The summed E-state index contributed by atoms with van der Waals surface area (Å²) in [7, 11) is -3.38. The summed E-state index contributed by atoms with van der Waals surface area (Å²) >= 11 is 0. The number of hydrogen-bond donors (Lipinski definition) is 1. The van der Waals surface area contributed by atoms with Gasteiger partial charge in [0, 0.05) is 19.3 Å². The minimum Gasteiger partial charge on any atom is -0.382 e. The van der Waals surface area contributed by atoms with E-state index in [9.17, 15) is 8.42 Å². The van der Waals surface area contributed by atoms with Gasteiger partial charge < -0.3 is 5.73 Å². The highest BCUT2D eigenvalue weighted by Gasteiger charge is 2.30. The number of sulfonamides is 1. The molecule has 2 heterocycles. The van der Waals surface area contributed by atoms with E-state index in [0.29, 0.717) is 23.8 Å². The molecule has 0 bridgehead atoms. The van der Waals surface area contributed by atoms with Gasteiger partial charge in [-0.2, -0.15) is 9.40 Å². The van der Waals surface area contributed by atoms with Crippen LogP contribution >= 0.6 is 0 Å². The van der Waals surface area contributed by atoms with Crippen LogP contribution in [-0.4, -0.2) is 35.6 Å². The Balaban J connectivity index is 1.71. The van der Waals surface area contributed by atoms with E-state index in [4.69, 9.17) is 5.73 Å². The average molecular weight is 306 g/mol. The molecule has 112 valence electrons. The van der Waals surface area contributed by atoms with Crippen LogP contribution in [-0.2, 0) is 10.0 Å². The first kappa shape index (κ1) is 14.1. The highest BCUT2D eigenvalue weighted by Crippen LogP contribution is 2.26. The molecule has 0 unspecified atom stereocenters. The fraction of sp³-hybridized carbons (Fsp3) is 0.357. The minimum absolute atomic E-state index is 0.213. The Bertz CT molecular complexity index is 704. The van der Waals surface area contributed by atoms with E-state index < -0.39 is 10.0 Å². The quantitative estimate of drug-likeness (QED) is 0.931. The topological polar surface area (TPSA) is 81.2 Å². The largest absolute Gasteiger partial charge is 0.382 e. The Kier molecular flexibility index (Phi) is 3.69. The number of benzene rings is 1. The lowest BCUT2D eigenvalue weighted by molar-refractivity contribution is 0.261. The van der Waals surface area contributed by atoms with Crippen LogP contribution in [0.3, 0.4) is 0 Å². The molecule has 3 rings (SSSR count). The van der Waals surface area contributed by atoms with Crippen molar-refractivity contribution < 1.29 is 8.42 Å². The van der Waals surface area contributed by atoms with Gasteiger partial charge in [-0.05, 0) is 31.0 Å². The first-order valence-corrected chi connectivity index (χ1v) is 8.37. The lowest BCUT2D eigenvalue weighted by atomic mass is 10.1. The van der Waals surface area contributed by atoms with Gasteiger partial charge in [0.15, 0.2) is 0 Å². The first-order valence-electron chi connectivity index (χ1n) is 6.93. The maximum absolute atomic E-state index is 12.5. The number of nitrogens with zero attached hydrogens (tertiary/aromatic N) is 3. The molecule has 0 atom stereocenters. The van der Waals surface area contributed by atoms with E-state index in [1.807, 2.05) is 16.9 Å². The third-order valence-corrected chi connectivity index (χ3v) is 5.72. The van der Waals surface area contributed by atoms with Crippen molar-refractivity contribution in [2.75, 3.05) is 18.8 Å². The minimum atomic E-state index is -3.38. The van der Waals surface area contributed by atoms with Gasteiger partial charge in [0.05, 0.1) is 10.9 Å². The number of nitrogens with two attached hydrogens (primary N) is 1. The van der Waals surface area contributed by atoms with Crippen molar-refractivity contribution in [3.05, 3.63) is 42.6 Å². The van der Waals surface area contributed by atoms with Crippen LogP contribution < -0.4 is 5.73 Å². The number of piperidine rings is 1. The molecule has 21 heavy (non-hydrogen) atoms. The second-order valence-corrected chi connectivity index (χ2v) is 7.11. The molecule has 2 N–H and O–H groups in total. The first-order chi connectivity index (χ1) is 10.1. The van der Waals surface area contributed by atoms with Crippen LogP contribution in [0.5, 0.6) is 0 Å². The van der Waals surface area contributed by atoms with Crippen LogP contribution in [0.4, 0.5) is 5.82 Å². The summed E-state index contributed by atoms with van der Waals surface area (Å²) in [5.74, 6) is 0.495. The molecule has 0 amide bonds. The molecule has 1 saturated heterocycles. The van der Waals surface area contributed by atoms with Gasteiger partial charge >= 0.3 is 0 Å². The summed E-state index contributed by atoms with van der Waals surface area (Å²) in [6.45, 7) is 1.00. The SMILES string of the molecule is Nc1ccn(C2CCN(S(=O)(=O)c3ccccc3)CC2)n1. The fourth-order valence-electron chi connectivity index (χ4n) is 2.64. The van der Waals surface area contributed by atoms with E-state index in [2.05, 4.69) is 5.10 Å². The summed E-state index contributed by atoms with van der Waals surface area (Å²) < 4.78 is 28.4. The molecule has 1 aromatic heterocycles. The molecule has 0 spiro atoms. The molecule has 0 saturated carbocycles. The molecular weight excluding hydrogens is 288 g/mol. The summed E-state index contributed by atoms with van der Waals surface area (Å²) in [6, 6.07) is 10.5. The van der Waals surface area contributed by atoms with Gasteiger partial charge in [0.1, 0.15) is 5.82 Å². The van der Waals surface area contributed by atoms with E-state index in [0.717, 1.165) is 12.8 Å². The zero-order valence-corrected chi connectivity index (χ0v) is 12.4. The Morgan fingerprint density at radius 2 is 1.76 bits per heavy atom. The van der Waals surface area contributed by atoms with Gasteiger partial charge in [-0.3, -0.25) is 4.68 Å². The second-order valence-electron chi connectivity index (χ2n) is 5.17. The Morgan fingerprint density at radius 3 is 2.33 bits per heavy atom. The number of anilines is 1. The van der Waals surface area contributed by atoms with Crippen LogP contribution in [0.25, 0.3) is 0 Å². The van der Waals surface area contributed by atoms with E-state index >= 15 is 0 Å². The molecule has 0 aliphatic carbocycles. The summed E-state index contributed by atoms with van der Waals surface area (Å²) in [5.41, 5.74) is 5.62. The predicted molar refractivity (Wildman–Crippen MR) is 80.1 cm³/mol. The van der Waals surface area contributed by atoms with E-state index in [1.54, 1.807) is 34.6 Å². The summed E-state index contributed by atoms with van der Waals surface area (Å²) in [4.78, 5) is 0.354. The van der Waals surface area contributed by atoms with Crippen molar-refractivity contribution in [2.24, 2.45) is 0 Å². The lowest BCUT2D eigenvalue weighted by Gasteiger charge is -2.31. The van der Waals surface area contributed by atoms with E-state index in [1.165, 1.54) is 0 Å². The van der Waals surface area contributed by atoms with Gasteiger partial charge in [-0.1, -0.05) is 18.2 Å². The highest BCUT2D eigenvalue weighted by molar-refractivity contribution is 7.89. The summed E-state index contributed by atoms with van der Waals surface area (Å²) in [5, 5.41) is 4.21. The summed E-state index contributed by atoms with van der Waals surface area (Å²) in [6.07, 6.45) is 3.34. The number of rotatable bonds is 3. The Morgan fingerprint density at radius 1 is 1.10 bits per heavy atom. The lowest BCUT2D eigenvalue weighted by Crippen LogP contribution is -2.39. The molecule has 6 nitrogen and oxygen atoms in total. The molecule has 1 fully saturated rings. The molecule has 1 aliphatic heterocycles. The Hall–Kier alpha value is -1.86. The average Bonchev–Trinajstić information content (AvgIpc) is 2.95. The number of aromatic nitrogens is 2. The van der Waals surface area contributed by atoms with Crippen molar-refractivity contribution in [1.29, 1.82) is 0 Å². The number of nitrogen functional groups attached to an aromatic ring is 1. The maximum atomic E-state index is 12.5. The van der Waals surface area contributed by atoms with Crippen molar-refractivity contribution in [1.82, 2.24) is 14.1 Å². The molecule has 1 aromatic carbocycles. The third-order valence-electron chi connectivity index (χ3n) is 3.81.